The van der Waals surface area contributed by atoms with E-state index in [-0.39, 0.29) is 0 Å². The third kappa shape index (κ3) is 3.37. The minimum absolute atomic E-state index is 0.495. The summed E-state index contributed by atoms with van der Waals surface area (Å²) in [4.78, 5) is 0. The van der Waals surface area contributed by atoms with Crippen LogP contribution >= 0.6 is 0 Å². The largest absolute Gasteiger partial charge is 0.495 e. The predicted molar refractivity (Wildman–Crippen MR) is 83.0 cm³/mol. The zero-order chi connectivity index (χ0) is 15.2. The molecule has 2 rings (SSSR count). The molecule has 5 heteroatoms. The molecule has 0 spiro atoms. The first kappa shape index (κ1) is 14.5. The second-order valence-electron chi connectivity index (χ2n) is 4.34. The van der Waals surface area contributed by atoms with Crippen molar-refractivity contribution in [3.8, 4) is 17.6 Å². The van der Waals surface area contributed by atoms with Crippen molar-refractivity contribution in [2.75, 3.05) is 24.8 Å². The minimum Gasteiger partial charge on any atom is -0.495 e. The lowest BCUT2D eigenvalue weighted by atomic mass is 10.1. The smallest absolute Gasteiger partial charge is 0.143 e. The van der Waals surface area contributed by atoms with Crippen molar-refractivity contribution in [3.63, 3.8) is 0 Å². The molecule has 0 heterocycles. The van der Waals surface area contributed by atoms with Crippen LogP contribution in [0, 0.1) is 11.3 Å². The summed E-state index contributed by atoms with van der Waals surface area (Å²) in [5, 5.41) is 12.4. The molecule has 2 aromatic carbocycles. The first-order chi connectivity index (χ1) is 10.2. The number of hydrogen-bond acceptors (Lipinski definition) is 5. The zero-order valence-electron chi connectivity index (χ0n) is 12.0. The van der Waals surface area contributed by atoms with Gasteiger partial charge in [0.2, 0.25) is 0 Å². The first-order valence-corrected chi connectivity index (χ1v) is 6.55. The number of anilines is 3. The lowest BCUT2D eigenvalue weighted by molar-refractivity contribution is 0.340. The highest BCUT2D eigenvalue weighted by Gasteiger charge is 2.10. The van der Waals surface area contributed by atoms with Crippen LogP contribution in [0.3, 0.4) is 0 Å². The number of nitrogens with one attached hydrogen (secondary N) is 1. The van der Waals surface area contributed by atoms with Gasteiger partial charge in [-0.3, -0.25) is 0 Å². The molecule has 0 aromatic heterocycles. The van der Waals surface area contributed by atoms with Gasteiger partial charge >= 0.3 is 0 Å². The quantitative estimate of drug-likeness (QED) is 0.823. The maximum absolute atomic E-state index is 9.21. The Bertz CT molecular complexity index is 678. The Morgan fingerprint density at radius 2 is 2.10 bits per heavy atom. The summed E-state index contributed by atoms with van der Waals surface area (Å²) in [6.07, 6.45) is 0. The maximum Gasteiger partial charge on any atom is 0.143 e. The van der Waals surface area contributed by atoms with Gasteiger partial charge in [0.05, 0.1) is 25.0 Å². The molecule has 108 valence electrons. The van der Waals surface area contributed by atoms with Crippen molar-refractivity contribution in [2.24, 2.45) is 0 Å². The van der Waals surface area contributed by atoms with E-state index in [9.17, 15) is 5.26 Å². The standard InChI is InChI=1S/C16H17N3O2/c1-3-21-14-8-12(18)7-13(9-14)19-16-11(10-17)5-4-6-15(16)20-2/h4-9,19H,3,18H2,1-2H3. The molecular weight excluding hydrogens is 266 g/mol. The number of nitriles is 1. The van der Waals surface area contributed by atoms with E-state index >= 15 is 0 Å². The first-order valence-electron chi connectivity index (χ1n) is 6.55. The van der Waals surface area contributed by atoms with E-state index in [4.69, 9.17) is 15.2 Å². The Morgan fingerprint density at radius 3 is 2.76 bits per heavy atom. The summed E-state index contributed by atoms with van der Waals surface area (Å²) in [7, 11) is 1.56. The molecule has 0 atom stereocenters. The summed E-state index contributed by atoms with van der Waals surface area (Å²) in [5.74, 6) is 1.27. The Hall–Kier alpha value is -2.87. The average molecular weight is 283 g/mol. The van der Waals surface area contributed by atoms with Gasteiger partial charge in [0.15, 0.2) is 0 Å². The van der Waals surface area contributed by atoms with Gasteiger partial charge in [0.1, 0.15) is 17.6 Å². The van der Waals surface area contributed by atoms with Crippen molar-refractivity contribution in [3.05, 3.63) is 42.0 Å². The van der Waals surface area contributed by atoms with E-state index in [1.54, 1.807) is 37.4 Å². The molecule has 21 heavy (non-hydrogen) atoms. The highest BCUT2D eigenvalue weighted by atomic mass is 16.5. The van der Waals surface area contributed by atoms with Crippen LogP contribution in [0.25, 0.3) is 0 Å². The van der Waals surface area contributed by atoms with Gasteiger partial charge in [-0.25, -0.2) is 0 Å². The number of rotatable bonds is 5. The van der Waals surface area contributed by atoms with E-state index in [1.165, 1.54) is 0 Å². The Balaban J connectivity index is 2.40. The number of nitrogen functional groups attached to an aromatic ring is 1. The molecule has 2 aromatic rings. The van der Waals surface area contributed by atoms with Gasteiger partial charge in [0, 0.05) is 23.5 Å². The fourth-order valence-electron chi connectivity index (χ4n) is 2.01. The Labute approximate surface area is 123 Å². The zero-order valence-corrected chi connectivity index (χ0v) is 12.0. The fraction of sp³-hybridized carbons (Fsp3) is 0.188. The van der Waals surface area contributed by atoms with Crippen LogP contribution < -0.4 is 20.5 Å². The lowest BCUT2D eigenvalue weighted by Crippen LogP contribution is -2.00. The van der Waals surface area contributed by atoms with Crippen LogP contribution in [0.1, 0.15) is 12.5 Å². The molecule has 0 radical (unpaired) electrons. The predicted octanol–water partition coefficient (Wildman–Crippen LogP) is 3.29. The summed E-state index contributed by atoms with van der Waals surface area (Å²) in [5.41, 5.74) is 8.29. The van der Waals surface area contributed by atoms with Gasteiger partial charge in [-0.05, 0) is 25.1 Å². The third-order valence-corrected chi connectivity index (χ3v) is 2.88. The van der Waals surface area contributed by atoms with Gasteiger partial charge in [-0.1, -0.05) is 6.07 Å². The molecule has 0 aliphatic rings. The number of methoxy groups -OCH3 is 1. The van der Waals surface area contributed by atoms with E-state index in [0.29, 0.717) is 35.0 Å². The minimum atomic E-state index is 0.495. The van der Waals surface area contributed by atoms with Crippen molar-refractivity contribution in [1.82, 2.24) is 0 Å². The van der Waals surface area contributed by atoms with Crippen LogP contribution in [-0.4, -0.2) is 13.7 Å². The number of ether oxygens (including phenoxy) is 2. The number of benzene rings is 2. The second-order valence-corrected chi connectivity index (χ2v) is 4.34. The molecule has 0 saturated carbocycles. The molecule has 0 bridgehead atoms. The van der Waals surface area contributed by atoms with Crippen molar-refractivity contribution < 1.29 is 9.47 Å². The monoisotopic (exact) mass is 283 g/mol. The van der Waals surface area contributed by atoms with E-state index in [1.807, 2.05) is 13.0 Å². The fourth-order valence-corrected chi connectivity index (χ4v) is 2.01. The van der Waals surface area contributed by atoms with E-state index < -0.39 is 0 Å². The highest BCUT2D eigenvalue weighted by Crippen LogP contribution is 2.33. The van der Waals surface area contributed by atoms with Gasteiger partial charge in [-0.15, -0.1) is 0 Å². The number of para-hydroxylation sites is 1. The number of nitrogens with zero attached hydrogens (tertiary/aromatic N) is 1. The van der Waals surface area contributed by atoms with Gasteiger partial charge < -0.3 is 20.5 Å². The van der Waals surface area contributed by atoms with Crippen LogP contribution in [0.2, 0.25) is 0 Å². The van der Waals surface area contributed by atoms with E-state index in [0.717, 1.165) is 5.69 Å². The summed E-state index contributed by atoms with van der Waals surface area (Å²) >= 11 is 0. The van der Waals surface area contributed by atoms with Crippen LogP contribution in [0.15, 0.2) is 36.4 Å². The third-order valence-electron chi connectivity index (χ3n) is 2.88. The Kier molecular flexibility index (Phi) is 4.52. The molecular formula is C16H17N3O2. The van der Waals surface area contributed by atoms with Crippen LogP contribution in [-0.2, 0) is 0 Å². The molecule has 0 aliphatic heterocycles. The molecule has 3 N–H and O–H groups in total. The molecule has 0 saturated heterocycles. The Morgan fingerprint density at radius 1 is 1.29 bits per heavy atom. The number of nitrogens with two attached hydrogens (primary N) is 1. The van der Waals surface area contributed by atoms with Crippen molar-refractivity contribution >= 4 is 17.1 Å². The topological polar surface area (TPSA) is 80.3 Å². The molecule has 0 unspecified atom stereocenters. The highest BCUT2D eigenvalue weighted by molar-refractivity contribution is 5.75. The molecule has 0 aliphatic carbocycles. The molecule has 0 amide bonds. The summed E-state index contributed by atoms with van der Waals surface area (Å²) in [6.45, 7) is 2.46. The lowest BCUT2D eigenvalue weighted by Gasteiger charge is -2.14. The van der Waals surface area contributed by atoms with Crippen molar-refractivity contribution in [1.29, 1.82) is 5.26 Å². The second kappa shape index (κ2) is 6.53. The van der Waals surface area contributed by atoms with E-state index in [2.05, 4.69) is 11.4 Å². The molecule has 0 fully saturated rings. The van der Waals surface area contributed by atoms with Crippen LogP contribution in [0.4, 0.5) is 17.1 Å². The maximum atomic E-state index is 9.21. The normalized spacial score (nSPS) is 9.76. The van der Waals surface area contributed by atoms with Gasteiger partial charge in [-0.2, -0.15) is 5.26 Å². The summed E-state index contributed by atoms with van der Waals surface area (Å²) in [6, 6.07) is 12.8. The average Bonchev–Trinajstić information content (AvgIpc) is 2.47. The summed E-state index contributed by atoms with van der Waals surface area (Å²) < 4.78 is 10.8. The van der Waals surface area contributed by atoms with Gasteiger partial charge in [0.25, 0.3) is 0 Å². The SMILES string of the molecule is CCOc1cc(N)cc(Nc2c(C#N)cccc2OC)c1. The number of hydrogen-bond donors (Lipinski definition) is 2. The molecule has 5 nitrogen and oxygen atoms in total. The van der Waals surface area contributed by atoms with Crippen molar-refractivity contribution in [2.45, 2.75) is 6.92 Å². The van der Waals surface area contributed by atoms with Crippen LogP contribution in [0.5, 0.6) is 11.5 Å².